The SMILES string of the molecule is NNC(=O)C(CCS)CC(=O)CCCCCS. The van der Waals surface area contributed by atoms with Crippen molar-refractivity contribution in [1.82, 2.24) is 5.43 Å². The number of nitrogens with two attached hydrogens (primary N) is 1. The van der Waals surface area contributed by atoms with E-state index in [1.54, 1.807) is 0 Å². The number of Topliss-reactive ketones (excluding diaryl/α,β-unsaturated/α-hetero) is 1. The first kappa shape index (κ1) is 16.8. The molecule has 0 aromatic rings. The van der Waals surface area contributed by atoms with Gasteiger partial charge >= 0.3 is 0 Å². The number of thiol groups is 2. The third-order valence-electron chi connectivity index (χ3n) is 2.58. The average Bonchev–Trinajstić information content (AvgIpc) is 2.33. The van der Waals surface area contributed by atoms with Gasteiger partial charge in [0.25, 0.3) is 0 Å². The van der Waals surface area contributed by atoms with Crippen LogP contribution in [0.15, 0.2) is 0 Å². The van der Waals surface area contributed by atoms with Crippen molar-refractivity contribution < 1.29 is 9.59 Å². The van der Waals surface area contributed by atoms with Crippen LogP contribution >= 0.6 is 25.3 Å². The van der Waals surface area contributed by atoms with Gasteiger partial charge in [0, 0.05) is 18.8 Å². The predicted molar refractivity (Wildman–Crippen MR) is 76.2 cm³/mol. The number of amides is 1. The Bertz CT molecular complexity index is 238. The van der Waals surface area contributed by atoms with Gasteiger partial charge in [-0.25, -0.2) is 5.84 Å². The summed E-state index contributed by atoms with van der Waals surface area (Å²) in [6.45, 7) is 0. The lowest BCUT2D eigenvalue weighted by Gasteiger charge is -2.12. The molecule has 0 rings (SSSR count). The highest BCUT2D eigenvalue weighted by Crippen LogP contribution is 2.13. The standard InChI is InChI=1S/C11H22N2O2S2/c12-13-11(15)9(5-7-17)8-10(14)4-2-1-3-6-16/h9,16-17H,1-8,12H2,(H,13,15). The Balaban J connectivity index is 3.91. The monoisotopic (exact) mass is 278 g/mol. The molecule has 6 heteroatoms. The normalized spacial score (nSPS) is 12.2. The van der Waals surface area contributed by atoms with Crippen molar-refractivity contribution in [3.8, 4) is 0 Å². The number of hydrogen-bond acceptors (Lipinski definition) is 5. The van der Waals surface area contributed by atoms with Crippen LogP contribution in [0.1, 0.15) is 38.5 Å². The number of hydrogen-bond donors (Lipinski definition) is 4. The minimum absolute atomic E-state index is 0.125. The molecule has 0 heterocycles. The first-order chi connectivity index (χ1) is 8.15. The molecule has 1 amide bonds. The molecule has 100 valence electrons. The zero-order chi connectivity index (χ0) is 13.1. The van der Waals surface area contributed by atoms with Crippen molar-refractivity contribution in [1.29, 1.82) is 0 Å². The minimum atomic E-state index is -0.338. The summed E-state index contributed by atoms with van der Waals surface area (Å²) < 4.78 is 0. The lowest BCUT2D eigenvalue weighted by Crippen LogP contribution is -2.37. The molecule has 0 aliphatic carbocycles. The molecule has 0 aliphatic heterocycles. The number of rotatable bonds is 10. The fourth-order valence-electron chi connectivity index (χ4n) is 1.59. The van der Waals surface area contributed by atoms with Crippen molar-refractivity contribution in [3.63, 3.8) is 0 Å². The number of carbonyl (C=O) groups is 2. The van der Waals surface area contributed by atoms with E-state index >= 15 is 0 Å². The minimum Gasteiger partial charge on any atom is -0.300 e. The van der Waals surface area contributed by atoms with E-state index in [0.29, 0.717) is 18.6 Å². The smallest absolute Gasteiger partial charge is 0.237 e. The summed E-state index contributed by atoms with van der Waals surface area (Å²) in [4.78, 5) is 23.0. The molecule has 3 N–H and O–H groups in total. The number of carbonyl (C=O) groups excluding carboxylic acids is 2. The molecule has 0 aromatic heterocycles. The number of nitrogens with one attached hydrogen (secondary N) is 1. The van der Waals surface area contributed by atoms with Gasteiger partial charge in [-0.05, 0) is 30.8 Å². The third kappa shape index (κ3) is 8.51. The second-order valence-corrected chi connectivity index (χ2v) is 4.89. The highest BCUT2D eigenvalue weighted by Gasteiger charge is 2.19. The van der Waals surface area contributed by atoms with Crippen LogP contribution in [0.2, 0.25) is 0 Å². The quantitative estimate of drug-likeness (QED) is 0.160. The first-order valence-corrected chi connectivity index (χ1v) is 7.16. The van der Waals surface area contributed by atoms with Crippen LogP contribution in [-0.2, 0) is 9.59 Å². The maximum Gasteiger partial charge on any atom is 0.237 e. The van der Waals surface area contributed by atoms with E-state index in [9.17, 15) is 9.59 Å². The van der Waals surface area contributed by atoms with Crippen LogP contribution in [0.25, 0.3) is 0 Å². The third-order valence-corrected chi connectivity index (χ3v) is 3.15. The Morgan fingerprint density at radius 3 is 2.35 bits per heavy atom. The van der Waals surface area contributed by atoms with E-state index < -0.39 is 0 Å². The topological polar surface area (TPSA) is 72.2 Å². The highest BCUT2D eigenvalue weighted by molar-refractivity contribution is 7.80. The van der Waals surface area contributed by atoms with Gasteiger partial charge in [-0.3, -0.25) is 15.0 Å². The molecule has 17 heavy (non-hydrogen) atoms. The maximum absolute atomic E-state index is 11.6. The van der Waals surface area contributed by atoms with E-state index in [1.165, 1.54) is 0 Å². The van der Waals surface area contributed by atoms with Crippen LogP contribution in [0.5, 0.6) is 0 Å². The maximum atomic E-state index is 11.6. The molecular weight excluding hydrogens is 256 g/mol. The molecule has 0 radical (unpaired) electrons. The van der Waals surface area contributed by atoms with Gasteiger partial charge in [0.2, 0.25) is 5.91 Å². The van der Waals surface area contributed by atoms with Crippen LogP contribution in [0.4, 0.5) is 0 Å². The van der Waals surface area contributed by atoms with Crippen molar-refractivity contribution in [3.05, 3.63) is 0 Å². The summed E-state index contributed by atoms with van der Waals surface area (Å²) in [5, 5.41) is 0. The molecule has 0 bridgehead atoms. The average molecular weight is 278 g/mol. The van der Waals surface area contributed by atoms with Crippen molar-refractivity contribution >= 4 is 36.9 Å². The Hall–Kier alpha value is -0.200. The lowest BCUT2D eigenvalue weighted by atomic mass is 9.96. The number of hydrazine groups is 1. The van der Waals surface area contributed by atoms with Gasteiger partial charge in [-0.1, -0.05) is 6.42 Å². The van der Waals surface area contributed by atoms with Gasteiger partial charge in [0.1, 0.15) is 5.78 Å². The van der Waals surface area contributed by atoms with Gasteiger partial charge < -0.3 is 0 Å². The highest BCUT2D eigenvalue weighted by atomic mass is 32.1. The molecule has 0 aliphatic rings. The summed E-state index contributed by atoms with van der Waals surface area (Å²) in [5.74, 6) is 6.01. The van der Waals surface area contributed by atoms with E-state index in [1.807, 2.05) is 0 Å². The zero-order valence-electron chi connectivity index (χ0n) is 10.0. The summed E-state index contributed by atoms with van der Waals surface area (Å²) in [6.07, 6.45) is 4.29. The summed E-state index contributed by atoms with van der Waals surface area (Å²) >= 11 is 8.18. The molecular formula is C11H22N2O2S2. The van der Waals surface area contributed by atoms with E-state index in [0.717, 1.165) is 25.0 Å². The number of unbranched alkanes of at least 4 members (excludes halogenated alkanes) is 2. The van der Waals surface area contributed by atoms with Crippen LogP contribution in [-0.4, -0.2) is 23.2 Å². The molecule has 0 fully saturated rings. The largest absolute Gasteiger partial charge is 0.300 e. The zero-order valence-corrected chi connectivity index (χ0v) is 11.8. The number of ketones is 1. The van der Waals surface area contributed by atoms with E-state index in [2.05, 4.69) is 30.7 Å². The van der Waals surface area contributed by atoms with Crippen molar-refractivity contribution in [2.45, 2.75) is 38.5 Å². The van der Waals surface area contributed by atoms with E-state index in [-0.39, 0.29) is 24.0 Å². The van der Waals surface area contributed by atoms with Gasteiger partial charge in [-0.15, -0.1) is 0 Å². The summed E-state index contributed by atoms with van der Waals surface area (Å²) in [6, 6.07) is 0. The van der Waals surface area contributed by atoms with Gasteiger partial charge in [-0.2, -0.15) is 25.3 Å². The van der Waals surface area contributed by atoms with Crippen LogP contribution in [0, 0.1) is 5.92 Å². The molecule has 4 nitrogen and oxygen atoms in total. The second-order valence-electron chi connectivity index (χ2n) is 3.99. The van der Waals surface area contributed by atoms with Crippen molar-refractivity contribution in [2.75, 3.05) is 11.5 Å². The molecule has 0 saturated carbocycles. The summed E-state index contributed by atoms with van der Waals surface area (Å²) in [7, 11) is 0. The predicted octanol–water partition coefficient (Wildman–Crippen LogP) is 1.36. The van der Waals surface area contributed by atoms with Crippen LogP contribution < -0.4 is 11.3 Å². The second kappa shape index (κ2) is 10.9. The van der Waals surface area contributed by atoms with Crippen LogP contribution in [0.3, 0.4) is 0 Å². The Morgan fingerprint density at radius 1 is 1.12 bits per heavy atom. The first-order valence-electron chi connectivity index (χ1n) is 5.89. The fourth-order valence-corrected chi connectivity index (χ4v) is 2.12. The Kier molecular flexibility index (Phi) is 10.8. The van der Waals surface area contributed by atoms with Gasteiger partial charge in [0.05, 0.1) is 0 Å². The fraction of sp³-hybridized carbons (Fsp3) is 0.818. The molecule has 0 saturated heterocycles. The summed E-state index contributed by atoms with van der Waals surface area (Å²) in [5.41, 5.74) is 2.10. The Morgan fingerprint density at radius 2 is 1.82 bits per heavy atom. The van der Waals surface area contributed by atoms with E-state index in [4.69, 9.17) is 5.84 Å². The molecule has 0 spiro atoms. The lowest BCUT2D eigenvalue weighted by molar-refractivity contribution is -0.129. The molecule has 1 unspecified atom stereocenters. The molecule has 0 aromatic carbocycles. The van der Waals surface area contributed by atoms with Gasteiger partial charge in [0.15, 0.2) is 0 Å². The molecule has 1 atom stereocenters. The Labute approximate surface area is 114 Å². The van der Waals surface area contributed by atoms with Crippen molar-refractivity contribution in [2.24, 2.45) is 11.8 Å².